The van der Waals surface area contributed by atoms with Gasteiger partial charge in [-0.3, -0.25) is 4.57 Å². The Hall–Kier alpha value is -2.60. The summed E-state index contributed by atoms with van der Waals surface area (Å²) in [5.41, 5.74) is 6.59. The summed E-state index contributed by atoms with van der Waals surface area (Å²) in [6.07, 6.45) is 0. The molecule has 0 atom stereocenters. The fraction of sp³-hybridized carbons (Fsp3) is 0. The number of H-pyrrole nitrogens is 1. The number of nitrogens with zero attached hydrogens (tertiary/aromatic N) is 2. The van der Waals surface area contributed by atoms with Crippen LogP contribution in [0.3, 0.4) is 0 Å². The summed E-state index contributed by atoms with van der Waals surface area (Å²) in [4.78, 5) is 0. The Balaban J connectivity index is 1.87. The largest absolute Gasteiger partial charge is 0.457 e. The molecule has 5 nitrogen and oxygen atoms in total. The molecule has 2 aromatic carbocycles. The van der Waals surface area contributed by atoms with E-state index in [1.807, 2.05) is 54.6 Å². The van der Waals surface area contributed by atoms with E-state index in [-0.39, 0.29) is 0 Å². The first-order valence-corrected chi connectivity index (χ1v) is 6.41. The number of nitrogens with one attached hydrogen (secondary N) is 1. The fourth-order valence-electron chi connectivity index (χ4n) is 1.85. The smallest absolute Gasteiger partial charge is 0.225 e. The van der Waals surface area contributed by atoms with Crippen LogP contribution in [0.1, 0.15) is 0 Å². The normalized spacial score (nSPS) is 10.4. The lowest BCUT2D eigenvalue weighted by molar-refractivity contribution is 0.482. The van der Waals surface area contributed by atoms with Crippen molar-refractivity contribution in [1.82, 2.24) is 14.8 Å². The van der Waals surface area contributed by atoms with Crippen LogP contribution in [0.15, 0.2) is 54.6 Å². The Bertz CT molecular complexity index is 762. The molecule has 0 fully saturated rings. The average molecular weight is 284 g/mol. The molecule has 1 aromatic heterocycles. The van der Waals surface area contributed by atoms with Crippen molar-refractivity contribution in [2.45, 2.75) is 0 Å². The molecular weight excluding hydrogens is 272 g/mol. The summed E-state index contributed by atoms with van der Waals surface area (Å²) in [5.74, 6) is 1.86. The SMILES string of the molecule is Nc1n[nH]c(=S)n1-c1ccc(Oc2ccccc2)cc1. The van der Waals surface area contributed by atoms with E-state index in [1.54, 1.807) is 4.57 Å². The minimum Gasteiger partial charge on any atom is -0.457 e. The number of rotatable bonds is 3. The predicted octanol–water partition coefficient (Wildman–Crippen LogP) is 3.30. The zero-order valence-electron chi connectivity index (χ0n) is 10.5. The predicted molar refractivity (Wildman–Crippen MR) is 79.7 cm³/mol. The van der Waals surface area contributed by atoms with Crippen LogP contribution in [0.4, 0.5) is 5.95 Å². The number of nitrogen functional groups attached to an aromatic ring is 1. The van der Waals surface area contributed by atoms with Gasteiger partial charge in [-0.25, -0.2) is 5.10 Å². The van der Waals surface area contributed by atoms with Gasteiger partial charge in [-0.05, 0) is 48.6 Å². The topological polar surface area (TPSA) is 68.9 Å². The second kappa shape index (κ2) is 5.18. The van der Waals surface area contributed by atoms with Gasteiger partial charge in [-0.2, -0.15) is 0 Å². The third-order valence-corrected chi connectivity index (χ3v) is 3.05. The first kappa shape index (κ1) is 12.4. The van der Waals surface area contributed by atoms with Crippen molar-refractivity contribution in [2.24, 2.45) is 0 Å². The van der Waals surface area contributed by atoms with Gasteiger partial charge in [0.05, 0.1) is 5.69 Å². The first-order chi connectivity index (χ1) is 9.74. The van der Waals surface area contributed by atoms with E-state index < -0.39 is 0 Å². The molecule has 3 aromatic rings. The molecule has 100 valence electrons. The molecule has 0 spiro atoms. The summed E-state index contributed by atoms with van der Waals surface area (Å²) in [6.45, 7) is 0. The van der Waals surface area contributed by atoms with Gasteiger partial charge in [0.15, 0.2) is 0 Å². The molecule has 6 heteroatoms. The van der Waals surface area contributed by atoms with Crippen LogP contribution in [0.2, 0.25) is 0 Å². The van der Waals surface area contributed by atoms with E-state index in [1.165, 1.54) is 0 Å². The van der Waals surface area contributed by atoms with Crippen LogP contribution >= 0.6 is 12.2 Å². The van der Waals surface area contributed by atoms with Crippen molar-refractivity contribution < 1.29 is 4.74 Å². The van der Waals surface area contributed by atoms with Crippen LogP contribution < -0.4 is 10.5 Å². The highest BCUT2D eigenvalue weighted by Gasteiger charge is 2.05. The third-order valence-electron chi connectivity index (χ3n) is 2.77. The van der Waals surface area contributed by atoms with Crippen molar-refractivity contribution >= 4 is 18.2 Å². The van der Waals surface area contributed by atoms with Crippen molar-refractivity contribution in [3.05, 3.63) is 59.4 Å². The standard InChI is InChI=1S/C14H12N4OS/c15-13-16-17-14(20)18(13)10-6-8-12(9-7-10)19-11-4-2-1-3-5-11/h1-9H,(H2,15,16)(H,17,20). The van der Waals surface area contributed by atoms with Crippen LogP contribution in [0, 0.1) is 4.77 Å². The van der Waals surface area contributed by atoms with Crippen molar-refractivity contribution in [2.75, 3.05) is 5.73 Å². The quantitative estimate of drug-likeness (QED) is 0.724. The molecule has 0 bridgehead atoms. The van der Waals surface area contributed by atoms with Gasteiger partial charge in [0.1, 0.15) is 11.5 Å². The van der Waals surface area contributed by atoms with Gasteiger partial charge < -0.3 is 10.5 Å². The summed E-state index contributed by atoms with van der Waals surface area (Å²) >= 11 is 5.13. The van der Waals surface area contributed by atoms with E-state index in [0.717, 1.165) is 17.2 Å². The van der Waals surface area contributed by atoms with Crippen molar-refractivity contribution in [3.63, 3.8) is 0 Å². The Morgan fingerprint density at radius 1 is 1.00 bits per heavy atom. The number of hydrogen-bond donors (Lipinski definition) is 2. The molecule has 1 heterocycles. The van der Waals surface area contributed by atoms with Crippen molar-refractivity contribution in [1.29, 1.82) is 0 Å². The minimum atomic E-state index is 0.326. The van der Waals surface area contributed by atoms with Gasteiger partial charge in [0, 0.05) is 0 Å². The van der Waals surface area contributed by atoms with Gasteiger partial charge >= 0.3 is 0 Å². The molecular formula is C14H12N4OS. The number of aromatic amines is 1. The number of benzene rings is 2. The highest BCUT2D eigenvalue weighted by molar-refractivity contribution is 7.71. The average Bonchev–Trinajstić information content (AvgIpc) is 2.81. The number of nitrogens with two attached hydrogens (primary N) is 1. The number of para-hydroxylation sites is 1. The van der Waals surface area contributed by atoms with Crippen molar-refractivity contribution in [3.8, 4) is 17.2 Å². The zero-order chi connectivity index (χ0) is 13.9. The van der Waals surface area contributed by atoms with Crippen LogP contribution in [0.5, 0.6) is 11.5 Å². The maximum Gasteiger partial charge on any atom is 0.225 e. The molecule has 0 aliphatic heterocycles. The Morgan fingerprint density at radius 3 is 2.25 bits per heavy atom. The Labute approximate surface area is 120 Å². The lowest BCUT2D eigenvalue weighted by Gasteiger charge is -2.07. The molecule has 0 saturated heterocycles. The number of ether oxygens (including phenoxy) is 1. The molecule has 3 rings (SSSR count). The molecule has 0 aliphatic rings. The van der Waals surface area contributed by atoms with E-state index in [9.17, 15) is 0 Å². The highest BCUT2D eigenvalue weighted by Crippen LogP contribution is 2.23. The molecule has 3 N–H and O–H groups in total. The van der Waals surface area contributed by atoms with E-state index in [0.29, 0.717) is 10.7 Å². The summed E-state index contributed by atoms with van der Waals surface area (Å²) in [7, 11) is 0. The summed E-state index contributed by atoms with van der Waals surface area (Å²) in [6, 6.07) is 17.1. The van der Waals surface area contributed by atoms with Gasteiger partial charge in [-0.1, -0.05) is 18.2 Å². The number of aromatic nitrogens is 3. The van der Waals surface area contributed by atoms with Crippen LogP contribution in [0.25, 0.3) is 5.69 Å². The molecule has 0 amide bonds. The summed E-state index contributed by atoms with van der Waals surface area (Å²) < 4.78 is 7.83. The molecule has 0 radical (unpaired) electrons. The lowest BCUT2D eigenvalue weighted by Crippen LogP contribution is -2.00. The summed E-state index contributed by atoms with van der Waals surface area (Å²) in [5, 5.41) is 6.52. The highest BCUT2D eigenvalue weighted by atomic mass is 32.1. The van der Waals surface area contributed by atoms with Gasteiger partial charge in [0.25, 0.3) is 0 Å². The second-order valence-electron chi connectivity index (χ2n) is 4.13. The number of anilines is 1. The molecule has 0 unspecified atom stereocenters. The monoisotopic (exact) mass is 284 g/mol. The lowest BCUT2D eigenvalue weighted by atomic mass is 10.3. The molecule has 20 heavy (non-hydrogen) atoms. The third kappa shape index (κ3) is 2.41. The van der Waals surface area contributed by atoms with Crippen LogP contribution in [-0.2, 0) is 0 Å². The zero-order valence-corrected chi connectivity index (χ0v) is 11.3. The van der Waals surface area contributed by atoms with Crippen LogP contribution in [-0.4, -0.2) is 14.8 Å². The van der Waals surface area contributed by atoms with E-state index >= 15 is 0 Å². The van der Waals surface area contributed by atoms with E-state index in [2.05, 4.69) is 10.2 Å². The second-order valence-corrected chi connectivity index (χ2v) is 4.52. The van der Waals surface area contributed by atoms with Gasteiger partial charge in [-0.15, -0.1) is 5.10 Å². The fourth-order valence-corrected chi connectivity index (χ4v) is 2.09. The van der Waals surface area contributed by atoms with E-state index in [4.69, 9.17) is 22.7 Å². The number of hydrogen-bond acceptors (Lipinski definition) is 4. The Morgan fingerprint density at radius 2 is 1.65 bits per heavy atom. The maximum absolute atomic E-state index is 5.76. The molecule has 0 aliphatic carbocycles. The Kier molecular flexibility index (Phi) is 3.22. The first-order valence-electron chi connectivity index (χ1n) is 6.00. The minimum absolute atomic E-state index is 0.326. The maximum atomic E-state index is 5.76. The molecule has 0 saturated carbocycles. The van der Waals surface area contributed by atoms with Gasteiger partial charge in [0.2, 0.25) is 10.7 Å².